The van der Waals surface area contributed by atoms with Crippen LogP contribution in [-0.2, 0) is 4.79 Å². The first-order valence-corrected chi connectivity index (χ1v) is 6.56. The van der Waals surface area contributed by atoms with Gasteiger partial charge in [0, 0.05) is 30.8 Å². The third kappa shape index (κ3) is 4.40. The molecule has 1 amide bonds. The molecular formula is C10H21N3OS. The molecule has 5 heteroatoms. The molecule has 1 unspecified atom stereocenters. The summed E-state index contributed by atoms with van der Waals surface area (Å²) in [6.45, 7) is 5.94. The maximum atomic E-state index is 11.6. The van der Waals surface area contributed by atoms with Crippen molar-refractivity contribution in [3.63, 3.8) is 0 Å². The van der Waals surface area contributed by atoms with Gasteiger partial charge in [-0.1, -0.05) is 0 Å². The van der Waals surface area contributed by atoms with E-state index in [4.69, 9.17) is 0 Å². The Balaban J connectivity index is 2.11. The van der Waals surface area contributed by atoms with Crippen LogP contribution in [0.4, 0.5) is 0 Å². The lowest BCUT2D eigenvalue weighted by Gasteiger charge is -2.21. The molecule has 4 nitrogen and oxygen atoms in total. The van der Waals surface area contributed by atoms with Crippen LogP contribution in [0.2, 0.25) is 0 Å². The van der Waals surface area contributed by atoms with E-state index in [2.05, 4.69) is 36.4 Å². The fourth-order valence-corrected chi connectivity index (χ4v) is 2.24. The van der Waals surface area contributed by atoms with Gasteiger partial charge >= 0.3 is 0 Å². The van der Waals surface area contributed by atoms with Crippen molar-refractivity contribution in [1.29, 1.82) is 0 Å². The molecule has 0 aromatic heterocycles. The van der Waals surface area contributed by atoms with Crippen LogP contribution in [0.3, 0.4) is 0 Å². The Labute approximate surface area is 96.2 Å². The zero-order chi connectivity index (χ0) is 11.3. The number of thioether (sulfide) groups is 1. The number of hydrogen-bond donors (Lipinski definition) is 2. The molecule has 0 aliphatic carbocycles. The minimum Gasteiger partial charge on any atom is -0.353 e. The van der Waals surface area contributed by atoms with E-state index in [1.807, 2.05) is 0 Å². The molecule has 0 radical (unpaired) electrons. The van der Waals surface area contributed by atoms with Crippen LogP contribution in [-0.4, -0.2) is 54.7 Å². The number of carbonyl (C=O) groups is 1. The van der Waals surface area contributed by atoms with Gasteiger partial charge in [-0.2, -0.15) is 0 Å². The summed E-state index contributed by atoms with van der Waals surface area (Å²) < 4.78 is 0. The quantitative estimate of drug-likeness (QED) is 0.705. The predicted octanol–water partition coefficient (Wildman–Crippen LogP) is 0.105. The van der Waals surface area contributed by atoms with Gasteiger partial charge in [0.15, 0.2) is 0 Å². The van der Waals surface area contributed by atoms with Gasteiger partial charge in [-0.3, -0.25) is 10.1 Å². The molecule has 88 valence electrons. The summed E-state index contributed by atoms with van der Waals surface area (Å²) in [5.41, 5.74) is 0. The number of nitrogens with one attached hydrogen (secondary N) is 2. The second kappa shape index (κ2) is 6.35. The lowest BCUT2D eigenvalue weighted by atomic mass is 10.3. The van der Waals surface area contributed by atoms with Crippen molar-refractivity contribution >= 4 is 17.7 Å². The summed E-state index contributed by atoms with van der Waals surface area (Å²) >= 11 is 1.77. The zero-order valence-electron chi connectivity index (χ0n) is 9.75. The Hall–Kier alpha value is -0.260. The van der Waals surface area contributed by atoms with Crippen LogP contribution >= 0.6 is 11.8 Å². The van der Waals surface area contributed by atoms with Gasteiger partial charge in [0.05, 0.1) is 6.04 Å². The van der Waals surface area contributed by atoms with Crippen molar-refractivity contribution in [3.05, 3.63) is 0 Å². The van der Waals surface area contributed by atoms with Gasteiger partial charge in [-0.25, -0.2) is 0 Å². The Morgan fingerprint density at radius 1 is 1.67 bits per heavy atom. The number of hydrogen-bond acceptors (Lipinski definition) is 4. The predicted molar refractivity (Wildman–Crippen MR) is 65.0 cm³/mol. The molecular weight excluding hydrogens is 210 g/mol. The van der Waals surface area contributed by atoms with Crippen molar-refractivity contribution in [2.75, 3.05) is 31.8 Å². The molecule has 1 atom stereocenters. The molecule has 0 aromatic carbocycles. The maximum Gasteiger partial charge on any atom is 0.238 e. The van der Waals surface area contributed by atoms with Crippen LogP contribution < -0.4 is 10.6 Å². The Bertz CT molecular complexity index is 205. The lowest BCUT2D eigenvalue weighted by Crippen LogP contribution is -2.44. The van der Waals surface area contributed by atoms with Crippen LogP contribution in [0, 0.1) is 0 Å². The second-order valence-corrected chi connectivity index (χ2v) is 5.17. The highest BCUT2D eigenvalue weighted by Crippen LogP contribution is 2.08. The van der Waals surface area contributed by atoms with Crippen LogP contribution in [0.1, 0.15) is 13.8 Å². The van der Waals surface area contributed by atoms with Crippen molar-refractivity contribution in [2.45, 2.75) is 25.9 Å². The molecule has 0 aromatic rings. The van der Waals surface area contributed by atoms with Gasteiger partial charge in [0.1, 0.15) is 0 Å². The Morgan fingerprint density at radius 3 is 2.93 bits per heavy atom. The van der Waals surface area contributed by atoms with E-state index in [1.165, 1.54) is 0 Å². The van der Waals surface area contributed by atoms with Crippen molar-refractivity contribution < 1.29 is 4.79 Å². The van der Waals surface area contributed by atoms with Gasteiger partial charge in [0.25, 0.3) is 0 Å². The Morgan fingerprint density at radius 2 is 2.40 bits per heavy atom. The van der Waals surface area contributed by atoms with Gasteiger partial charge in [-0.05, 0) is 20.9 Å². The molecule has 1 saturated heterocycles. The third-order valence-electron chi connectivity index (χ3n) is 2.68. The minimum absolute atomic E-state index is 0.0133. The average Bonchev–Trinajstić information content (AvgIpc) is 2.70. The molecule has 15 heavy (non-hydrogen) atoms. The second-order valence-electron chi connectivity index (χ2n) is 4.14. The zero-order valence-corrected chi connectivity index (χ0v) is 10.6. The van der Waals surface area contributed by atoms with Crippen molar-refractivity contribution in [1.82, 2.24) is 15.5 Å². The molecule has 1 aliphatic rings. The molecule has 0 saturated carbocycles. The molecule has 0 spiro atoms. The normalized spacial score (nSPS) is 21.3. The van der Waals surface area contributed by atoms with Crippen molar-refractivity contribution in [2.24, 2.45) is 0 Å². The van der Waals surface area contributed by atoms with E-state index in [1.54, 1.807) is 11.8 Å². The number of nitrogens with zero attached hydrogens (tertiary/aromatic N) is 1. The third-order valence-corrected chi connectivity index (χ3v) is 3.62. The van der Waals surface area contributed by atoms with E-state index < -0.39 is 0 Å². The topological polar surface area (TPSA) is 44.4 Å². The summed E-state index contributed by atoms with van der Waals surface area (Å²) in [6.07, 6.45) is 0. The first-order chi connectivity index (χ1) is 7.11. The van der Waals surface area contributed by atoms with Crippen LogP contribution in [0.15, 0.2) is 0 Å². The van der Waals surface area contributed by atoms with Crippen molar-refractivity contribution in [3.8, 4) is 0 Å². The van der Waals surface area contributed by atoms with Crippen LogP contribution in [0.5, 0.6) is 0 Å². The molecule has 1 rings (SSSR count). The standard InChI is InChI=1S/C10H21N3OS/c1-8(2)13(3)5-4-11-10(14)9-6-15-7-12-9/h8-9,12H,4-7H2,1-3H3,(H,11,14). The van der Waals surface area contributed by atoms with E-state index in [9.17, 15) is 4.79 Å². The summed E-state index contributed by atoms with van der Waals surface area (Å²) in [4.78, 5) is 13.8. The smallest absolute Gasteiger partial charge is 0.238 e. The first kappa shape index (κ1) is 12.8. The molecule has 2 N–H and O–H groups in total. The highest BCUT2D eigenvalue weighted by Gasteiger charge is 2.21. The first-order valence-electron chi connectivity index (χ1n) is 5.40. The Kier molecular flexibility index (Phi) is 5.42. The summed E-state index contributed by atoms with van der Waals surface area (Å²) in [7, 11) is 2.07. The lowest BCUT2D eigenvalue weighted by molar-refractivity contribution is -0.122. The molecule has 1 heterocycles. The average molecular weight is 231 g/mol. The summed E-state index contributed by atoms with van der Waals surface area (Å²) in [5.74, 6) is 1.92. The number of likely N-dealkylation sites (N-methyl/N-ethyl adjacent to an activating group) is 1. The SMILES string of the molecule is CC(C)N(C)CCNC(=O)C1CSCN1. The van der Waals surface area contributed by atoms with Gasteiger partial charge in [-0.15, -0.1) is 11.8 Å². The molecule has 1 fully saturated rings. The number of rotatable bonds is 5. The fraction of sp³-hybridized carbons (Fsp3) is 0.900. The highest BCUT2D eigenvalue weighted by atomic mass is 32.2. The summed E-state index contributed by atoms with van der Waals surface area (Å²) in [5, 5.41) is 6.11. The van der Waals surface area contributed by atoms with Gasteiger partial charge < -0.3 is 10.2 Å². The fourth-order valence-electron chi connectivity index (χ4n) is 1.30. The van der Waals surface area contributed by atoms with E-state index >= 15 is 0 Å². The number of carbonyl (C=O) groups excluding carboxylic acids is 1. The minimum atomic E-state index is 0.0133. The summed E-state index contributed by atoms with van der Waals surface area (Å²) in [6, 6.07) is 0.543. The van der Waals surface area contributed by atoms with Gasteiger partial charge in [0.2, 0.25) is 5.91 Å². The van der Waals surface area contributed by atoms with E-state index in [0.29, 0.717) is 6.04 Å². The monoisotopic (exact) mass is 231 g/mol. The molecule has 1 aliphatic heterocycles. The largest absolute Gasteiger partial charge is 0.353 e. The van der Waals surface area contributed by atoms with Crippen LogP contribution in [0.25, 0.3) is 0 Å². The van der Waals surface area contributed by atoms with E-state index in [0.717, 1.165) is 24.7 Å². The number of amides is 1. The van der Waals surface area contributed by atoms with E-state index in [-0.39, 0.29) is 11.9 Å². The molecule has 0 bridgehead atoms. The highest BCUT2D eigenvalue weighted by molar-refractivity contribution is 7.99. The maximum absolute atomic E-state index is 11.6.